The smallest absolute Gasteiger partial charge is 0.161 e. The quantitative estimate of drug-likeness (QED) is 0.856. The first-order chi connectivity index (χ1) is 12.6. The molecule has 2 aromatic rings. The SMILES string of the molecule is CC[C@H](N)[C@H]1c2cc(OC)c(OC)cc2CCN1Cc1cccc(C)c1. The number of ether oxygens (including phenoxy) is 2. The van der Waals surface area contributed by atoms with Crippen LogP contribution in [0.4, 0.5) is 0 Å². The van der Waals surface area contributed by atoms with E-state index in [4.69, 9.17) is 15.2 Å². The van der Waals surface area contributed by atoms with Gasteiger partial charge in [0.25, 0.3) is 0 Å². The molecule has 2 atom stereocenters. The number of hydrogen-bond donors (Lipinski definition) is 1. The molecule has 0 radical (unpaired) electrons. The molecule has 2 aromatic carbocycles. The van der Waals surface area contributed by atoms with Crippen molar-refractivity contribution < 1.29 is 9.47 Å². The number of hydrogen-bond acceptors (Lipinski definition) is 4. The van der Waals surface area contributed by atoms with Gasteiger partial charge in [-0.2, -0.15) is 0 Å². The Morgan fingerprint density at radius 3 is 2.54 bits per heavy atom. The highest BCUT2D eigenvalue weighted by Crippen LogP contribution is 2.40. The van der Waals surface area contributed by atoms with Crippen LogP contribution in [0.5, 0.6) is 11.5 Å². The summed E-state index contributed by atoms with van der Waals surface area (Å²) in [5.41, 5.74) is 11.8. The van der Waals surface area contributed by atoms with E-state index < -0.39 is 0 Å². The number of aryl methyl sites for hydroxylation is 1. The Balaban J connectivity index is 1.98. The van der Waals surface area contributed by atoms with E-state index in [1.54, 1.807) is 14.2 Å². The lowest BCUT2D eigenvalue weighted by Gasteiger charge is -2.40. The number of benzene rings is 2. The van der Waals surface area contributed by atoms with Crippen LogP contribution in [0.25, 0.3) is 0 Å². The Morgan fingerprint density at radius 2 is 1.88 bits per heavy atom. The summed E-state index contributed by atoms with van der Waals surface area (Å²) in [5, 5.41) is 0. The number of nitrogens with two attached hydrogens (primary N) is 1. The Labute approximate surface area is 156 Å². The monoisotopic (exact) mass is 354 g/mol. The second kappa shape index (κ2) is 8.11. The topological polar surface area (TPSA) is 47.7 Å². The van der Waals surface area contributed by atoms with Crippen molar-refractivity contribution in [1.29, 1.82) is 0 Å². The third-order valence-electron chi connectivity index (χ3n) is 5.37. The Hall–Kier alpha value is -2.04. The van der Waals surface area contributed by atoms with E-state index in [1.807, 2.05) is 0 Å². The molecule has 2 N–H and O–H groups in total. The van der Waals surface area contributed by atoms with E-state index in [1.165, 1.54) is 22.3 Å². The van der Waals surface area contributed by atoms with Crippen LogP contribution in [0.2, 0.25) is 0 Å². The number of nitrogens with zero attached hydrogens (tertiary/aromatic N) is 1. The molecule has 0 saturated carbocycles. The first-order valence-corrected chi connectivity index (χ1v) is 9.37. The summed E-state index contributed by atoms with van der Waals surface area (Å²) in [4.78, 5) is 2.51. The van der Waals surface area contributed by atoms with Crippen LogP contribution in [-0.4, -0.2) is 31.7 Å². The van der Waals surface area contributed by atoms with E-state index in [0.29, 0.717) is 0 Å². The summed E-state index contributed by atoms with van der Waals surface area (Å²) in [6.45, 7) is 6.20. The van der Waals surface area contributed by atoms with Crippen molar-refractivity contribution in [2.24, 2.45) is 5.73 Å². The van der Waals surface area contributed by atoms with Gasteiger partial charge in [0.2, 0.25) is 0 Å². The second-order valence-corrected chi connectivity index (χ2v) is 7.13. The van der Waals surface area contributed by atoms with Crippen LogP contribution >= 0.6 is 0 Å². The number of rotatable bonds is 6. The fourth-order valence-corrected chi connectivity index (χ4v) is 3.98. The molecular weight excluding hydrogens is 324 g/mol. The minimum absolute atomic E-state index is 0.0805. The summed E-state index contributed by atoms with van der Waals surface area (Å²) in [6.07, 6.45) is 1.93. The molecule has 1 aliphatic heterocycles. The molecule has 0 amide bonds. The van der Waals surface area contributed by atoms with Crippen LogP contribution in [0.1, 0.15) is 41.6 Å². The number of fused-ring (bicyclic) bond motifs is 1. The average Bonchev–Trinajstić information content (AvgIpc) is 2.66. The summed E-state index contributed by atoms with van der Waals surface area (Å²) < 4.78 is 11.0. The summed E-state index contributed by atoms with van der Waals surface area (Å²) in [5.74, 6) is 1.57. The predicted octanol–water partition coefficient (Wildman–Crippen LogP) is 3.85. The Morgan fingerprint density at radius 1 is 1.15 bits per heavy atom. The van der Waals surface area contributed by atoms with Gasteiger partial charge in [0.05, 0.1) is 20.3 Å². The summed E-state index contributed by atoms with van der Waals surface area (Å²) in [7, 11) is 3.37. The molecule has 26 heavy (non-hydrogen) atoms. The lowest BCUT2D eigenvalue weighted by Crippen LogP contribution is -2.44. The van der Waals surface area contributed by atoms with Gasteiger partial charge < -0.3 is 15.2 Å². The maximum Gasteiger partial charge on any atom is 0.161 e. The zero-order chi connectivity index (χ0) is 18.7. The third-order valence-corrected chi connectivity index (χ3v) is 5.37. The van der Waals surface area contributed by atoms with E-state index in [2.05, 4.69) is 55.1 Å². The first kappa shape index (κ1) is 18.7. The minimum Gasteiger partial charge on any atom is -0.493 e. The van der Waals surface area contributed by atoms with Crippen molar-refractivity contribution in [1.82, 2.24) is 4.90 Å². The van der Waals surface area contributed by atoms with Gasteiger partial charge in [-0.15, -0.1) is 0 Å². The van der Waals surface area contributed by atoms with Gasteiger partial charge >= 0.3 is 0 Å². The van der Waals surface area contributed by atoms with Crippen molar-refractivity contribution in [2.75, 3.05) is 20.8 Å². The molecule has 0 unspecified atom stereocenters. The van der Waals surface area contributed by atoms with Crippen molar-refractivity contribution in [2.45, 2.75) is 45.3 Å². The van der Waals surface area contributed by atoms with E-state index in [-0.39, 0.29) is 12.1 Å². The van der Waals surface area contributed by atoms with E-state index in [9.17, 15) is 0 Å². The van der Waals surface area contributed by atoms with Crippen LogP contribution in [0.3, 0.4) is 0 Å². The molecule has 1 aliphatic rings. The highest BCUT2D eigenvalue weighted by molar-refractivity contribution is 5.50. The first-order valence-electron chi connectivity index (χ1n) is 9.37. The Kier molecular flexibility index (Phi) is 5.84. The maximum atomic E-state index is 6.58. The molecule has 140 valence electrons. The molecule has 0 bridgehead atoms. The van der Waals surface area contributed by atoms with Crippen LogP contribution < -0.4 is 15.2 Å². The van der Waals surface area contributed by atoms with Gasteiger partial charge in [-0.3, -0.25) is 4.90 Å². The van der Waals surface area contributed by atoms with Gasteiger partial charge in [-0.05, 0) is 48.6 Å². The van der Waals surface area contributed by atoms with Crippen molar-refractivity contribution in [3.8, 4) is 11.5 Å². The largest absolute Gasteiger partial charge is 0.493 e. The van der Waals surface area contributed by atoms with Crippen LogP contribution in [-0.2, 0) is 13.0 Å². The molecule has 4 heteroatoms. The highest BCUT2D eigenvalue weighted by Gasteiger charge is 2.32. The predicted molar refractivity (Wildman–Crippen MR) is 106 cm³/mol. The van der Waals surface area contributed by atoms with E-state index >= 15 is 0 Å². The fraction of sp³-hybridized carbons (Fsp3) is 0.455. The average molecular weight is 354 g/mol. The zero-order valence-corrected chi connectivity index (χ0v) is 16.3. The molecule has 1 heterocycles. The van der Waals surface area contributed by atoms with Crippen molar-refractivity contribution in [3.05, 3.63) is 58.7 Å². The summed E-state index contributed by atoms with van der Waals surface area (Å²) in [6, 6.07) is 13.2. The standard InChI is InChI=1S/C22H30N2O2/c1-5-19(23)22-18-13-21(26-4)20(25-3)12-17(18)9-10-24(22)14-16-8-6-7-15(2)11-16/h6-8,11-13,19,22H,5,9-10,14,23H2,1-4H3/t19-,22+/m0/s1. The molecule has 0 aromatic heterocycles. The number of methoxy groups -OCH3 is 2. The molecule has 0 spiro atoms. The van der Waals surface area contributed by atoms with Crippen molar-refractivity contribution >= 4 is 0 Å². The van der Waals surface area contributed by atoms with E-state index in [0.717, 1.165) is 37.4 Å². The lowest BCUT2D eigenvalue weighted by atomic mass is 9.86. The molecule has 0 fully saturated rings. The zero-order valence-electron chi connectivity index (χ0n) is 16.3. The third kappa shape index (κ3) is 3.71. The van der Waals surface area contributed by atoms with Gasteiger partial charge in [0.1, 0.15) is 0 Å². The lowest BCUT2D eigenvalue weighted by molar-refractivity contribution is 0.148. The highest BCUT2D eigenvalue weighted by atomic mass is 16.5. The van der Waals surface area contributed by atoms with Gasteiger partial charge in [-0.1, -0.05) is 36.8 Å². The molecule has 3 rings (SSSR count). The maximum absolute atomic E-state index is 6.58. The van der Waals surface area contributed by atoms with Crippen LogP contribution in [0, 0.1) is 6.92 Å². The molecule has 0 saturated heterocycles. The normalized spacial score (nSPS) is 18.3. The van der Waals surface area contributed by atoms with Crippen LogP contribution in [0.15, 0.2) is 36.4 Å². The van der Waals surface area contributed by atoms with Crippen molar-refractivity contribution in [3.63, 3.8) is 0 Å². The molecular formula is C22H30N2O2. The Bertz CT molecular complexity index is 760. The molecule has 0 aliphatic carbocycles. The van der Waals surface area contributed by atoms with Gasteiger partial charge in [0, 0.05) is 19.1 Å². The van der Waals surface area contributed by atoms with Gasteiger partial charge in [-0.25, -0.2) is 0 Å². The fourth-order valence-electron chi connectivity index (χ4n) is 3.98. The minimum atomic E-state index is 0.0805. The second-order valence-electron chi connectivity index (χ2n) is 7.13. The summed E-state index contributed by atoms with van der Waals surface area (Å²) >= 11 is 0. The molecule has 4 nitrogen and oxygen atoms in total. The van der Waals surface area contributed by atoms with Gasteiger partial charge in [0.15, 0.2) is 11.5 Å².